The van der Waals surface area contributed by atoms with Gasteiger partial charge in [0.2, 0.25) is 11.8 Å². The topological polar surface area (TPSA) is 178 Å². The van der Waals surface area contributed by atoms with E-state index in [1.165, 1.54) is 6.92 Å². The van der Waals surface area contributed by atoms with Gasteiger partial charge in [-0.15, -0.1) is 0 Å². The molecule has 4 unspecified atom stereocenters. The molecule has 2 aromatic rings. The van der Waals surface area contributed by atoms with Gasteiger partial charge < -0.3 is 36.7 Å². The first-order valence-electron chi connectivity index (χ1n) is 8.67. The van der Waals surface area contributed by atoms with Crippen molar-refractivity contribution in [3.8, 4) is 0 Å². The Morgan fingerprint density at radius 3 is 2.46 bits per heavy atom. The number of nitrogens with two attached hydrogens (primary N) is 1. The van der Waals surface area contributed by atoms with Crippen LogP contribution in [0.4, 0.5) is 0 Å². The molecule has 8 N–H and O–H groups in total. The molecule has 1 heterocycles. The summed E-state index contributed by atoms with van der Waals surface area (Å²) in [6, 6.07) is 3.42. The van der Waals surface area contributed by atoms with Crippen LogP contribution in [0, 0.1) is 0 Å². The van der Waals surface area contributed by atoms with Crippen LogP contribution in [-0.2, 0) is 20.8 Å². The van der Waals surface area contributed by atoms with Crippen molar-refractivity contribution in [2.45, 2.75) is 37.6 Å². The highest BCUT2D eigenvalue weighted by molar-refractivity contribution is 5.93. The Morgan fingerprint density at radius 1 is 1.18 bits per heavy atom. The molecule has 2 amide bonds. The number of para-hydroxylation sites is 1. The third kappa shape index (κ3) is 5.06. The largest absolute Gasteiger partial charge is 0.480 e. The van der Waals surface area contributed by atoms with Gasteiger partial charge in [-0.3, -0.25) is 9.59 Å². The maximum absolute atomic E-state index is 12.7. The van der Waals surface area contributed by atoms with Gasteiger partial charge in [0.25, 0.3) is 0 Å². The zero-order valence-electron chi connectivity index (χ0n) is 15.3. The summed E-state index contributed by atoms with van der Waals surface area (Å²) in [4.78, 5) is 39.0. The van der Waals surface area contributed by atoms with E-state index in [0.717, 1.165) is 16.5 Å². The van der Waals surface area contributed by atoms with E-state index >= 15 is 0 Å². The number of aromatic nitrogens is 1. The van der Waals surface area contributed by atoms with Crippen LogP contribution in [0.5, 0.6) is 0 Å². The summed E-state index contributed by atoms with van der Waals surface area (Å²) < 4.78 is 0. The highest BCUT2D eigenvalue weighted by Gasteiger charge is 2.30. The van der Waals surface area contributed by atoms with Crippen molar-refractivity contribution in [1.82, 2.24) is 15.6 Å². The molecule has 152 valence electrons. The van der Waals surface area contributed by atoms with Crippen LogP contribution < -0.4 is 16.4 Å². The lowest BCUT2D eigenvalue weighted by Crippen LogP contribution is -2.57. The zero-order chi connectivity index (χ0) is 20.8. The third-order valence-electron chi connectivity index (χ3n) is 4.31. The van der Waals surface area contributed by atoms with Crippen LogP contribution in [0.15, 0.2) is 30.5 Å². The molecule has 0 spiro atoms. The van der Waals surface area contributed by atoms with Gasteiger partial charge in [-0.25, -0.2) is 4.79 Å². The number of hydrogen-bond acceptors (Lipinski definition) is 6. The number of carboxylic acids is 1. The predicted octanol–water partition coefficient (Wildman–Crippen LogP) is -1.53. The molecule has 0 aliphatic rings. The average molecular weight is 392 g/mol. The van der Waals surface area contributed by atoms with Crippen molar-refractivity contribution >= 4 is 28.7 Å². The van der Waals surface area contributed by atoms with Gasteiger partial charge in [0, 0.05) is 23.5 Å². The number of hydrogen-bond donors (Lipinski definition) is 7. The van der Waals surface area contributed by atoms with E-state index in [-0.39, 0.29) is 6.42 Å². The molecule has 10 heteroatoms. The molecule has 1 aromatic carbocycles. The molecule has 0 aliphatic carbocycles. The molecule has 2 rings (SSSR count). The third-order valence-corrected chi connectivity index (χ3v) is 4.31. The molecule has 1 aromatic heterocycles. The minimum absolute atomic E-state index is 0.0475. The summed E-state index contributed by atoms with van der Waals surface area (Å²) >= 11 is 0. The van der Waals surface area contributed by atoms with E-state index in [1.807, 2.05) is 24.3 Å². The Balaban J connectivity index is 2.26. The van der Waals surface area contributed by atoms with Crippen molar-refractivity contribution in [1.29, 1.82) is 0 Å². The Kier molecular flexibility index (Phi) is 7.10. The number of nitrogens with one attached hydrogen (secondary N) is 3. The lowest BCUT2D eigenvalue weighted by Gasteiger charge is -2.23. The number of fused-ring (bicyclic) bond motifs is 1. The van der Waals surface area contributed by atoms with Gasteiger partial charge in [0.05, 0.1) is 12.7 Å². The average Bonchev–Trinajstić information content (AvgIpc) is 3.07. The number of aromatic amines is 1. The van der Waals surface area contributed by atoms with E-state index in [9.17, 15) is 19.5 Å². The Hall–Kier alpha value is -2.95. The molecule has 4 atom stereocenters. The summed E-state index contributed by atoms with van der Waals surface area (Å²) in [6.07, 6.45) is 0.392. The van der Waals surface area contributed by atoms with E-state index in [1.54, 1.807) is 6.20 Å². The summed E-state index contributed by atoms with van der Waals surface area (Å²) in [5, 5.41) is 33.3. The van der Waals surface area contributed by atoms with Gasteiger partial charge in [-0.2, -0.15) is 0 Å². The first-order chi connectivity index (χ1) is 13.2. The van der Waals surface area contributed by atoms with Crippen molar-refractivity contribution < 1.29 is 29.7 Å². The lowest BCUT2D eigenvalue weighted by molar-refractivity contribution is -0.145. The summed E-state index contributed by atoms with van der Waals surface area (Å²) in [6.45, 7) is 0.618. The lowest BCUT2D eigenvalue weighted by atomic mass is 10.0. The number of carbonyl (C=O) groups is 3. The van der Waals surface area contributed by atoms with Crippen LogP contribution in [0.25, 0.3) is 10.9 Å². The second kappa shape index (κ2) is 9.31. The number of H-pyrrole nitrogens is 1. The van der Waals surface area contributed by atoms with Crippen LogP contribution in [-0.4, -0.2) is 68.9 Å². The van der Waals surface area contributed by atoms with Crippen molar-refractivity contribution in [2.24, 2.45) is 5.73 Å². The molecular formula is C18H24N4O6. The highest BCUT2D eigenvalue weighted by atomic mass is 16.4. The summed E-state index contributed by atoms with van der Waals surface area (Å²) in [5.74, 6) is -2.96. The molecule has 28 heavy (non-hydrogen) atoms. The molecule has 0 radical (unpaired) electrons. The smallest absolute Gasteiger partial charge is 0.328 e. The molecule has 0 aliphatic heterocycles. The quantitative estimate of drug-likeness (QED) is 0.270. The van der Waals surface area contributed by atoms with E-state index < -0.39 is 48.6 Å². The number of carbonyl (C=O) groups excluding carboxylic acids is 2. The van der Waals surface area contributed by atoms with Crippen LogP contribution >= 0.6 is 0 Å². The van der Waals surface area contributed by atoms with Crippen molar-refractivity contribution in [3.63, 3.8) is 0 Å². The number of aliphatic hydroxyl groups excluding tert-OH is 2. The molecule has 0 fully saturated rings. The Labute approximate surface area is 160 Å². The van der Waals surface area contributed by atoms with Crippen LogP contribution in [0.1, 0.15) is 12.5 Å². The monoisotopic (exact) mass is 392 g/mol. The number of rotatable bonds is 9. The first kappa shape index (κ1) is 21.4. The minimum Gasteiger partial charge on any atom is -0.480 e. The number of benzene rings is 1. The molecule has 10 nitrogen and oxygen atoms in total. The van der Waals surface area contributed by atoms with Gasteiger partial charge in [0.15, 0.2) is 6.04 Å². The number of amides is 2. The highest BCUT2D eigenvalue weighted by Crippen LogP contribution is 2.19. The summed E-state index contributed by atoms with van der Waals surface area (Å²) in [5.41, 5.74) is 7.05. The molecule has 0 saturated heterocycles. The van der Waals surface area contributed by atoms with Gasteiger partial charge >= 0.3 is 5.97 Å². The van der Waals surface area contributed by atoms with Gasteiger partial charge in [-0.05, 0) is 18.6 Å². The van der Waals surface area contributed by atoms with E-state index in [0.29, 0.717) is 0 Å². The van der Waals surface area contributed by atoms with Crippen LogP contribution in [0.3, 0.4) is 0 Å². The fourth-order valence-electron chi connectivity index (χ4n) is 2.73. The van der Waals surface area contributed by atoms with Gasteiger partial charge in [0.1, 0.15) is 12.1 Å². The Morgan fingerprint density at radius 2 is 1.86 bits per heavy atom. The maximum atomic E-state index is 12.7. The number of aliphatic carboxylic acids is 1. The molecule has 0 bridgehead atoms. The van der Waals surface area contributed by atoms with Crippen molar-refractivity contribution in [3.05, 3.63) is 36.0 Å². The Bertz CT molecular complexity index is 849. The second-order valence-corrected chi connectivity index (χ2v) is 6.48. The predicted molar refractivity (Wildman–Crippen MR) is 100 cm³/mol. The second-order valence-electron chi connectivity index (χ2n) is 6.48. The number of carboxylic acid groups (broad SMARTS) is 1. The van der Waals surface area contributed by atoms with E-state index in [4.69, 9.17) is 15.9 Å². The first-order valence-corrected chi connectivity index (χ1v) is 8.67. The SMILES string of the molecule is CC(O)C(NC(=O)C(Cc1c[nH]c2ccccc12)NC(=O)C(N)CO)C(=O)O. The molecular weight excluding hydrogens is 368 g/mol. The maximum Gasteiger partial charge on any atom is 0.328 e. The van der Waals surface area contributed by atoms with E-state index in [2.05, 4.69) is 15.6 Å². The van der Waals surface area contributed by atoms with Gasteiger partial charge in [-0.1, -0.05) is 18.2 Å². The minimum atomic E-state index is -1.54. The fraction of sp³-hybridized carbons (Fsp3) is 0.389. The standard InChI is InChI=1S/C18H24N4O6/c1-9(24)15(18(27)28)22-17(26)14(21-16(25)12(19)8-23)6-10-7-20-13-5-3-2-4-11(10)13/h2-5,7,9,12,14-15,20,23-24H,6,8,19H2,1H3,(H,21,25)(H,22,26)(H,27,28). The normalized spacial score (nSPS) is 15.4. The fourth-order valence-corrected chi connectivity index (χ4v) is 2.73. The van der Waals surface area contributed by atoms with Crippen molar-refractivity contribution in [2.75, 3.05) is 6.61 Å². The zero-order valence-corrected chi connectivity index (χ0v) is 15.3. The number of aliphatic hydroxyl groups is 2. The summed E-state index contributed by atoms with van der Waals surface area (Å²) in [7, 11) is 0. The molecule has 0 saturated carbocycles. The van der Waals surface area contributed by atoms with Crippen LogP contribution in [0.2, 0.25) is 0 Å².